The molecule has 0 unspecified atom stereocenters. The fourth-order valence-electron chi connectivity index (χ4n) is 4.12. The third-order valence-electron chi connectivity index (χ3n) is 6.05. The second kappa shape index (κ2) is 12.9. The zero-order valence-electron chi connectivity index (χ0n) is 22.0. The molecule has 0 bridgehead atoms. The molecule has 1 N–H and O–H groups in total. The predicted octanol–water partition coefficient (Wildman–Crippen LogP) is 5.66. The van der Waals surface area contributed by atoms with Gasteiger partial charge < -0.3 is 15.0 Å². The minimum Gasteiger partial charge on any atom is -0.484 e. The summed E-state index contributed by atoms with van der Waals surface area (Å²) in [4.78, 5) is 28.7. The summed E-state index contributed by atoms with van der Waals surface area (Å²) in [6.45, 7) is 10.3. The van der Waals surface area contributed by atoms with Crippen LogP contribution in [0.5, 0.6) is 5.75 Å². The topological polar surface area (TPSA) is 58.6 Å². The lowest BCUT2D eigenvalue weighted by atomic mass is 10.0. The quantitative estimate of drug-likeness (QED) is 0.380. The summed E-state index contributed by atoms with van der Waals surface area (Å²) in [5.74, 6) is 0.652. The number of nitrogens with one attached hydrogen (secondary N) is 1. The van der Waals surface area contributed by atoms with E-state index in [0.717, 1.165) is 16.7 Å². The molecule has 1 atom stereocenters. The summed E-state index contributed by atoms with van der Waals surface area (Å²) in [5, 5.41) is 3.01. The largest absolute Gasteiger partial charge is 0.484 e. The van der Waals surface area contributed by atoms with Crippen molar-refractivity contribution in [3.8, 4) is 5.75 Å². The Bertz CT molecular complexity index is 1120. The number of hydrogen-bond donors (Lipinski definition) is 1. The van der Waals surface area contributed by atoms with Crippen molar-refractivity contribution in [2.45, 2.75) is 65.6 Å². The first-order chi connectivity index (χ1) is 17.2. The van der Waals surface area contributed by atoms with Crippen molar-refractivity contribution in [1.29, 1.82) is 0 Å². The van der Waals surface area contributed by atoms with Gasteiger partial charge in [0.1, 0.15) is 11.8 Å². The van der Waals surface area contributed by atoms with Crippen molar-refractivity contribution in [3.05, 3.63) is 101 Å². The van der Waals surface area contributed by atoms with Crippen LogP contribution in [0.1, 0.15) is 55.9 Å². The molecule has 0 aromatic heterocycles. The molecule has 0 saturated heterocycles. The van der Waals surface area contributed by atoms with Gasteiger partial charge in [0.25, 0.3) is 5.91 Å². The number of carbonyl (C=O) groups is 2. The van der Waals surface area contributed by atoms with Gasteiger partial charge >= 0.3 is 0 Å². The van der Waals surface area contributed by atoms with E-state index in [1.54, 1.807) is 4.90 Å². The van der Waals surface area contributed by atoms with Crippen LogP contribution in [0, 0.1) is 6.92 Å². The van der Waals surface area contributed by atoms with Gasteiger partial charge in [-0.15, -0.1) is 0 Å². The normalized spacial score (nSPS) is 11.9. The molecule has 5 heteroatoms. The average Bonchev–Trinajstić information content (AvgIpc) is 2.85. The van der Waals surface area contributed by atoms with E-state index in [1.165, 1.54) is 5.56 Å². The van der Waals surface area contributed by atoms with E-state index < -0.39 is 6.04 Å². The van der Waals surface area contributed by atoms with Gasteiger partial charge in [-0.25, -0.2) is 0 Å². The Morgan fingerprint density at radius 1 is 0.861 bits per heavy atom. The number of ether oxygens (including phenoxy) is 1. The maximum absolute atomic E-state index is 13.6. The van der Waals surface area contributed by atoms with Gasteiger partial charge in [0, 0.05) is 19.0 Å². The zero-order chi connectivity index (χ0) is 26.1. The summed E-state index contributed by atoms with van der Waals surface area (Å²) >= 11 is 0. The predicted molar refractivity (Wildman–Crippen MR) is 145 cm³/mol. The Morgan fingerprint density at radius 3 is 2.14 bits per heavy atom. The minimum absolute atomic E-state index is 0.0394. The highest BCUT2D eigenvalue weighted by molar-refractivity contribution is 5.88. The Kier molecular flexibility index (Phi) is 9.69. The number of rotatable bonds is 11. The lowest BCUT2D eigenvalue weighted by molar-refractivity contribution is -0.143. The standard InChI is InChI=1S/C31H38N2O3/c1-22(2)27-14-16-28(17-15-27)36-21-30(34)33(20-26-13-9-10-24(5)18-26)29(31(35)32-23(3)4)19-25-11-7-6-8-12-25/h6-18,22-23,29H,19-21H2,1-5H3,(H,32,35)/t29-/m0/s1. The molecule has 0 saturated carbocycles. The van der Waals surface area contributed by atoms with E-state index in [9.17, 15) is 9.59 Å². The van der Waals surface area contributed by atoms with Crippen molar-refractivity contribution in [2.24, 2.45) is 0 Å². The first kappa shape index (κ1) is 27.0. The third kappa shape index (κ3) is 7.98. The van der Waals surface area contributed by atoms with Gasteiger partial charge in [0.05, 0.1) is 0 Å². The van der Waals surface area contributed by atoms with E-state index >= 15 is 0 Å². The molecule has 0 radical (unpaired) electrons. The van der Waals surface area contributed by atoms with E-state index in [1.807, 2.05) is 99.6 Å². The van der Waals surface area contributed by atoms with Gasteiger partial charge in [-0.1, -0.05) is 86.1 Å². The maximum Gasteiger partial charge on any atom is 0.261 e. The second-order valence-corrected chi connectivity index (χ2v) is 9.89. The van der Waals surface area contributed by atoms with Crippen LogP contribution in [0.3, 0.4) is 0 Å². The molecule has 0 aliphatic rings. The van der Waals surface area contributed by atoms with Gasteiger partial charge in [0.15, 0.2) is 6.61 Å². The Morgan fingerprint density at radius 2 is 1.53 bits per heavy atom. The number of benzene rings is 3. The second-order valence-electron chi connectivity index (χ2n) is 9.89. The number of aryl methyl sites for hydroxylation is 1. The third-order valence-corrected chi connectivity index (χ3v) is 6.05. The maximum atomic E-state index is 13.6. The molecule has 0 heterocycles. The fourth-order valence-corrected chi connectivity index (χ4v) is 4.12. The van der Waals surface area contributed by atoms with E-state index in [0.29, 0.717) is 24.6 Å². The molecular weight excluding hydrogens is 448 g/mol. The van der Waals surface area contributed by atoms with Crippen molar-refractivity contribution in [3.63, 3.8) is 0 Å². The monoisotopic (exact) mass is 486 g/mol. The number of amides is 2. The van der Waals surface area contributed by atoms with Crippen molar-refractivity contribution < 1.29 is 14.3 Å². The van der Waals surface area contributed by atoms with Crippen LogP contribution < -0.4 is 10.1 Å². The lowest BCUT2D eigenvalue weighted by Gasteiger charge is -2.32. The smallest absolute Gasteiger partial charge is 0.261 e. The lowest BCUT2D eigenvalue weighted by Crippen LogP contribution is -2.52. The Labute approximate surface area is 215 Å². The zero-order valence-corrected chi connectivity index (χ0v) is 22.0. The van der Waals surface area contributed by atoms with Crippen LogP contribution in [0.2, 0.25) is 0 Å². The Balaban J connectivity index is 1.88. The summed E-state index contributed by atoms with van der Waals surface area (Å²) < 4.78 is 5.88. The summed E-state index contributed by atoms with van der Waals surface area (Å²) in [6.07, 6.45) is 0.417. The Hall–Kier alpha value is -3.60. The van der Waals surface area contributed by atoms with Crippen molar-refractivity contribution in [1.82, 2.24) is 10.2 Å². The molecule has 0 aliphatic heterocycles. The van der Waals surface area contributed by atoms with Crippen molar-refractivity contribution >= 4 is 11.8 Å². The van der Waals surface area contributed by atoms with E-state index in [-0.39, 0.29) is 24.5 Å². The number of nitrogens with zero attached hydrogens (tertiary/aromatic N) is 1. The van der Waals surface area contributed by atoms with Gasteiger partial charge in [-0.2, -0.15) is 0 Å². The molecule has 3 aromatic carbocycles. The van der Waals surface area contributed by atoms with Gasteiger partial charge in [-0.05, 0) is 55.5 Å². The highest BCUT2D eigenvalue weighted by atomic mass is 16.5. The highest BCUT2D eigenvalue weighted by Crippen LogP contribution is 2.20. The first-order valence-electron chi connectivity index (χ1n) is 12.6. The molecule has 3 aromatic rings. The van der Waals surface area contributed by atoms with Crippen LogP contribution in [-0.2, 0) is 22.6 Å². The molecule has 2 amide bonds. The SMILES string of the molecule is Cc1cccc(CN(C(=O)COc2ccc(C(C)C)cc2)[C@@H](Cc2ccccc2)C(=O)NC(C)C)c1. The number of hydrogen-bond acceptors (Lipinski definition) is 3. The minimum atomic E-state index is -0.672. The molecule has 36 heavy (non-hydrogen) atoms. The summed E-state index contributed by atoms with van der Waals surface area (Å²) in [6, 6.07) is 24.9. The molecule has 0 aliphatic carbocycles. The summed E-state index contributed by atoms with van der Waals surface area (Å²) in [5.41, 5.74) is 4.28. The van der Waals surface area contributed by atoms with Crippen LogP contribution in [0.15, 0.2) is 78.9 Å². The van der Waals surface area contributed by atoms with E-state index in [4.69, 9.17) is 4.74 Å². The molecule has 0 spiro atoms. The number of carbonyl (C=O) groups excluding carboxylic acids is 2. The fraction of sp³-hybridized carbons (Fsp3) is 0.355. The van der Waals surface area contributed by atoms with Gasteiger partial charge in [0.2, 0.25) is 5.91 Å². The van der Waals surface area contributed by atoms with Crippen LogP contribution in [0.4, 0.5) is 0 Å². The molecular formula is C31H38N2O3. The molecule has 0 fully saturated rings. The van der Waals surface area contributed by atoms with E-state index in [2.05, 4.69) is 19.2 Å². The molecule has 5 nitrogen and oxygen atoms in total. The highest BCUT2D eigenvalue weighted by Gasteiger charge is 2.31. The molecule has 190 valence electrons. The first-order valence-corrected chi connectivity index (χ1v) is 12.6. The summed E-state index contributed by atoms with van der Waals surface area (Å²) in [7, 11) is 0. The van der Waals surface area contributed by atoms with Gasteiger partial charge in [-0.3, -0.25) is 9.59 Å². The van der Waals surface area contributed by atoms with Crippen LogP contribution in [-0.4, -0.2) is 35.4 Å². The molecule has 3 rings (SSSR count). The average molecular weight is 487 g/mol. The van der Waals surface area contributed by atoms with Crippen molar-refractivity contribution in [2.75, 3.05) is 6.61 Å². The van der Waals surface area contributed by atoms with Crippen LogP contribution >= 0.6 is 0 Å². The van der Waals surface area contributed by atoms with Crippen LogP contribution in [0.25, 0.3) is 0 Å².